The number of ether oxygens (including phenoxy) is 5. The molecule has 0 aliphatic heterocycles. The van der Waals surface area contributed by atoms with Crippen molar-refractivity contribution < 1.29 is 28.5 Å². The quantitative estimate of drug-likeness (QED) is 0.230. The number of fused-ring (bicyclic) bond motifs is 1. The molecule has 0 fully saturated rings. The van der Waals surface area contributed by atoms with E-state index in [1.165, 1.54) is 21.3 Å². The number of methoxy groups -OCH3 is 3. The summed E-state index contributed by atoms with van der Waals surface area (Å²) in [5.41, 5.74) is 2.42. The van der Waals surface area contributed by atoms with Crippen LogP contribution in [0.2, 0.25) is 0 Å². The standard InChI is InChI=1S/C30H35N3O6/c1-5-38-24-13-8-9-14-25(24)39-18-17-33-23-12-7-6-11-22(23)32-28(33)15-10-16-31-30(34)21-19-26(35-2)29(37-4)27(20-21)36-3/h6-9,11-14,19-20H,5,10,15-18H2,1-4H3,(H,31,34). The van der Waals surface area contributed by atoms with E-state index in [9.17, 15) is 4.79 Å². The first kappa shape index (κ1) is 27.6. The van der Waals surface area contributed by atoms with Gasteiger partial charge >= 0.3 is 0 Å². The molecular formula is C30H35N3O6. The molecule has 0 radical (unpaired) electrons. The molecule has 0 bridgehead atoms. The lowest BCUT2D eigenvalue weighted by molar-refractivity contribution is 0.0952. The molecule has 0 aliphatic rings. The minimum Gasteiger partial charge on any atom is -0.493 e. The fourth-order valence-electron chi connectivity index (χ4n) is 4.42. The van der Waals surface area contributed by atoms with Crippen LogP contribution >= 0.6 is 0 Å². The number of carbonyl (C=O) groups is 1. The molecule has 0 spiro atoms. The minimum absolute atomic E-state index is 0.218. The summed E-state index contributed by atoms with van der Waals surface area (Å²) in [4.78, 5) is 17.7. The summed E-state index contributed by atoms with van der Waals surface area (Å²) in [6.07, 6.45) is 1.41. The Morgan fingerprint density at radius 1 is 0.872 bits per heavy atom. The second-order valence-corrected chi connectivity index (χ2v) is 8.67. The van der Waals surface area contributed by atoms with Crippen LogP contribution in [0.25, 0.3) is 11.0 Å². The van der Waals surface area contributed by atoms with Crippen LogP contribution in [0.1, 0.15) is 29.5 Å². The third-order valence-electron chi connectivity index (χ3n) is 6.24. The number of para-hydroxylation sites is 4. The number of hydrogen-bond donors (Lipinski definition) is 1. The van der Waals surface area contributed by atoms with Crippen molar-refractivity contribution >= 4 is 16.9 Å². The number of amides is 1. The topological polar surface area (TPSA) is 93.1 Å². The lowest BCUT2D eigenvalue weighted by Gasteiger charge is -2.14. The van der Waals surface area contributed by atoms with Crippen LogP contribution in [-0.2, 0) is 13.0 Å². The average molecular weight is 534 g/mol. The molecule has 4 aromatic rings. The van der Waals surface area contributed by atoms with Crippen LogP contribution < -0.4 is 29.0 Å². The molecule has 0 atom stereocenters. The van der Waals surface area contributed by atoms with E-state index >= 15 is 0 Å². The van der Waals surface area contributed by atoms with E-state index < -0.39 is 0 Å². The molecule has 1 heterocycles. The average Bonchev–Trinajstić information content (AvgIpc) is 3.32. The van der Waals surface area contributed by atoms with E-state index in [4.69, 9.17) is 28.7 Å². The molecule has 4 rings (SSSR count). The predicted molar refractivity (Wildman–Crippen MR) is 150 cm³/mol. The number of benzene rings is 3. The number of imidazole rings is 1. The maximum atomic E-state index is 12.8. The van der Waals surface area contributed by atoms with Gasteiger partial charge in [0, 0.05) is 18.5 Å². The third kappa shape index (κ3) is 6.54. The van der Waals surface area contributed by atoms with Crippen molar-refractivity contribution in [2.24, 2.45) is 0 Å². The summed E-state index contributed by atoms with van der Waals surface area (Å²) < 4.78 is 30.0. The molecule has 9 nitrogen and oxygen atoms in total. The number of aryl methyl sites for hydroxylation is 1. The SMILES string of the molecule is CCOc1ccccc1OCCn1c(CCCNC(=O)c2cc(OC)c(OC)c(OC)c2)nc2ccccc21. The van der Waals surface area contributed by atoms with Gasteiger partial charge in [0.25, 0.3) is 5.91 Å². The Hall–Kier alpha value is -4.40. The van der Waals surface area contributed by atoms with Gasteiger partial charge in [-0.2, -0.15) is 0 Å². The fourth-order valence-corrected chi connectivity index (χ4v) is 4.42. The van der Waals surface area contributed by atoms with Gasteiger partial charge in [-0.25, -0.2) is 4.98 Å². The Morgan fingerprint density at radius 3 is 2.21 bits per heavy atom. The normalized spacial score (nSPS) is 10.8. The van der Waals surface area contributed by atoms with Crippen molar-refractivity contribution in [3.05, 3.63) is 72.1 Å². The molecule has 1 aromatic heterocycles. The van der Waals surface area contributed by atoms with Crippen molar-refractivity contribution in [2.75, 3.05) is 41.1 Å². The van der Waals surface area contributed by atoms with Gasteiger partial charge in [-0.1, -0.05) is 24.3 Å². The molecule has 0 aliphatic carbocycles. The largest absolute Gasteiger partial charge is 0.493 e. The zero-order valence-corrected chi connectivity index (χ0v) is 22.9. The number of nitrogens with one attached hydrogen (secondary N) is 1. The second kappa shape index (κ2) is 13.4. The van der Waals surface area contributed by atoms with Crippen LogP contribution in [-0.4, -0.2) is 56.5 Å². The van der Waals surface area contributed by atoms with Crippen LogP contribution in [0, 0.1) is 0 Å². The van der Waals surface area contributed by atoms with Gasteiger partial charge in [-0.3, -0.25) is 4.79 Å². The Bertz CT molecular complexity index is 1380. The number of hydrogen-bond acceptors (Lipinski definition) is 7. The monoisotopic (exact) mass is 533 g/mol. The van der Waals surface area contributed by atoms with Crippen molar-refractivity contribution in [2.45, 2.75) is 26.3 Å². The molecule has 1 N–H and O–H groups in total. The summed E-state index contributed by atoms with van der Waals surface area (Å²) in [5.74, 6) is 3.49. The van der Waals surface area contributed by atoms with Gasteiger partial charge in [0.05, 0.1) is 45.5 Å². The Morgan fingerprint density at radius 2 is 1.54 bits per heavy atom. The summed E-state index contributed by atoms with van der Waals surface area (Å²) in [5, 5.41) is 2.98. The Labute approximate surface area is 228 Å². The fraction of sp³-hybridized carbons (Fsp3) is 0.333. The Balaban J connectivity index is 1.39. The number of nitrogens with zero attached hydrogens (tertiary/aromatic N) is 2. The van der Waals surface area contributed by atoms with E-state index in [0.29, 0.717) is 62.0 Å². The van der Waals surface area contributed by atoms with Gasteiger partial charge in [0.2, 0.25) is 5.75 Å². The van der Waals surface area contributed by atoms with E-state index in [2.05, 4.69) is 16.0 Å². The highest BCUT2D eigenvalue weighted by Crippen LogP contribution is 2.38. The van der Waals surface area contributed by atoms with E-state index in [1.807, 2.05) is 49.4 Å². The highest BCUT2D eigenvalue weighted by atomic mass is 16.5. The number of aromatic nitrogens is 2. The second-order valence-electron chi connectivity index (χ2n) is 8.67. The molecule has 0 saturated heterocycles. The molecule has 0 unspecified atom stereocenters. The van der Waals surface area contributed by atoms with Gasteiger partial charge < -0.3 is 33.6 Å². The lowest BCUT2D eigenvalue weighted by atomic mass is 10.1. The zero-order valence-electron chi connectivity index (χ0n) is 22.9. The van der Waals surface area contributed by atoms with Crippen molar-refractivity contribution in [3.8, 4) is 28.7 Å². The summed E-state index contributed by atoms with van der Waals surface area (Å²) in [7, 11) is 4.57. The molecule has 3 aromatic carbocycles. The summed E-state index contributed by atoms with van der Waals surface area (Å²) >= 11 is 0. The van der Waals surface area contributed by atoms with Crippen LogP contribution in [0.4, 0.5) is 0 Å². The van der Waals surface area contributed by atoms with Crippen LogP contribution in [0.3, 0.4) is 0 Å². The predicted octanol–water partition coefficient (Wildman–Crippen LogP) is 4.90. The molecular weight excluding hydrogens is 498 g/mol. The Kier molecular flexibility index (Phi) is 9.50. The maximum absolute atomic E-state index is 12.8. The zero-order chi connectivity index (χ0) is 27.6. The van der Waals surface area contributed by atoms with Crippen LogP contribution in [0.15, 0.2) is 60.7 Å². The highest BCUT2D eigenvalue weighted by molar-refractivity contribution is 5.95. The van der Waals surface area contributed by atoms with Gasteiger partial charge in [-0.05, 0) is 49.7 Å². The lowest BCUT2D eigenvalue weighted by Crippen LogP contribution is -2.25. The van der Waals surface area contributed by atoms with E-state index in [-0.39, 0.29) is 5.91 Å². The van der Waals surface area contributed by atoms with Crippen molar-refractivity contribution in [1.29, 1.82) is 0 Å². The first-order chi connectivity index (χ1) is 19.1. The molecule has 206 valence electrons. The minimum atomic E-state index is -0.218. The molecule has 39 heavy (non-hydrogen) atoms. The van der Waals surface area contributed by atoms with E-state index in [1.54, 1.807) is 12.1 Å². The number of rotatable bonds is 14. The van der Waals surface area contributed by atoms with Gasteiger partial charge in [-0.15, -0.1) is 0 Å². The van der Waals surface area contributed by atoms with Crippen LogP contribution in [0.5, 0.6) is 28.7 Å². The number of carbonyl (C=O) groups excluding carboxylic acids is 1. The molecule has 0 saturated carbocycles. The van der Waals surface area contributed by atoms with Crippen molar-refractivity contribution in [3.63, 3.8) is 0 Å². The summed E-state index contributed by atoms with van der Waals surface area (Å²) in [6.45, 7) is 4.11. The molecule has 9 heteroatoms. The maximum Gasteiger partial charge on any atom is 0.251 e. The first-order valence-electron chi connectivity index (χ1n) is 13.0. The van der Waals surface area contributed by atoms with Gasteiger partial charge in [0.15, 0.2) is 23.0 Å². The molecule has 1 amide bonds. The van der Waals surface area contributed by atoms with Gasteiger partial charge in [0.1, 0.15) is 12.4 Å². The highest BCUT2D eigenvalue weighted by Gasteiger charge is 2.17. The smallest absolute Gasteiger partial charge is 0.251 e. The summed E-state index contributed by atoms with van der Waals surface area (Å²) in [6, 6.07) is 19.0. The van der Waals surface area contributed by atoms with E-state index in [0.717, 1.165) is 28.4 Å². The first-order valence-corrected chi connectivity index (χ1v) is 13.0. The van der Waals surface area contributed by atoms with Crippen molar-refractivity contribution in [1.82, 2.24) is 14.9 Å². The third-order valence-corrected chi connectivity index (χ3v) is 6.24.